The van der Waals surface area contributed by atoms with Gasteiger partial charge in [-0.15, -0.1) is 0 Å². The van der Waals surface area contributed by atoms with Crippen molar-refractivity contribution in [1.82, 2.24) is 5.32 Å². The quantitative estimate of drug-likeness (QED) is 0.779. The van der Waals surface area contributed by atoms with Crippen LogP contribution in [-0.4, -0.2) is 26.9 Å². The van der Waals surface area contributed by atoms with Crippen LogP contribution in [0.25, 0.3) is 0 Å². The van der Waals surface area contributed by atoms with Gasteiger partial charge in [0.2, 0.25) is 0 Å². The molecule has 1 aromatic carbocycles. The highest BCUT2D eigenvalue weighted by molar-refractivity contribution is 5.43. The van der Waals surface area contributed by atoms with Crippen LogP contribution in [0.4, 0.5) is 0 Å². The second-order valence-electron chi connectivity index (χ2n) is 3.89. The molecule has 0 aromatic heterocycles. The fourth-order valence-electron chi connectivity index (χ4n) is 2.10. The van der Waals surface area contributed by atoms with Gasteiger partial charge >= 0.3 is 0 Å². The van der Waals surface area contributed by atoms with Crippen LogP contribution < -0.4 is 10.1 Å². The van der Waals surface area contributed by atoms with E-state index in [1.54, 1.807) is 7.11 Å². The monoisotopic (exact) mass is 220 g/mol. The molecule has 1 saturated heterocycles. The molecule has 1 unspecified atom stereocenters. The molecule has 1 atom stereocenters. The highest BCUT2D eigenvalue weighted by Crippen LogP contribution is 2.30. The molecule has 16 heavy (non-hydrogen) atoms. The minimum atomic E-state index is 0.134. The van der Waals surface area contributed by atoms with E-state index in [0.29, 0.717) is 6.61 Å². The maximum atomic E-state index is 5.51. The third kappa shape index (κ3) is 2.20. The number of benzene rings is 1. The van der Waals surface area contributed by atoms with Gasteiger partial charge in [0.1, 0.15) is 5.75 Å². The Labute approximate surface area is 96.8 Å². The zero-order valence-corrected chi connectivity index (χ0v) is 9.90. The number of hydrogen-bond donors (Lipinski definition) is 0. The van der Waals surface area contributed by atoms with E-state index in [0.717, 1.165) is 30.9 Å². The molecule has 0 N–H and O–H groups in total. The van der Waals surface area contributed by atoms with Crippen LogP contribution >= 0.6 is 0 Å². The van der Waals surface area contributed by atoms with Crippen molar-refractivity contribution < 1.29 is 9.47 Å². The van der Waals surface area contributed by atoms with Gasteiger partial charge in [-0.2, -0.15) is 0 Å². The van der Waals surface area contributed by atoms with Gasteiger partial charge in [0.25, 0.3) is 0 Å². The predicted octanol–water partition coefficient (Wildman–Crippen LogP) is 1.93. The van der Waals surface area contributed by atoms with Crippen molar-refractivity contribution in [1.29, 1.82) is 0 Å². The van der Waals surface area contributed by atoms with Crippen LogP contribution in [0.3, 0.4) is 0 Å². The lowest BCUT2D eigenvalue weighted by atomic mass is 10.0. The maximum Gasteiger partial charge on any atom is 0.126 e. The van der Waals surface area contributed by atoms with E-state index < -0.39 is 0 Å². The van der Waals surface area contributed by atoms with E-state index in [4.69, 9.17) is 9.47 Å². The number of methoxy groups -OCH3 is 1. The molecule has 1 aliphatic rings. The van der Waals surface area contributed by atoms with Crippen molar-refractivity contribution in [3.8, 4) is 5.75 Å². The van der Waals surface area contributed by atoms with Crippen molar-refractivity contribution in [3.63, 3.8) is 0 Å². The predicted molar refractivity (Wildman–Crippen MR) is 62.9 cm³/mol. The third-order valence-electron chi connectivity index (χ3n) is 2.93. The summed E-state index contributed by atoms with van der Waals surface area (Å²) < 4.78 is 11.0. The molecule has 0 amide bonds. The Morgan fingerprint density at radius 2 is 2.38 bits per heavy atom. The zero-order chi connectivity index (χ0) is 11.4. The van der Waals surface area contributed by atoms with E-state index >= 15 is 0 Å². The second-order valence-corrected chi connectivity index (χ2v) is 3.89. The second kappa shape index (κ2) is 5.32. The van der Waals surface area contributed by atoms with Gasteiger partial charge in [0, 0.05) is 12.1 Å². The van der Waals surface area contributed by atoms with Gasteiger partial charge in [-0.1, -0.05) is 25.1 Å². The van der Waals surface area contributed by atoms with E-state index in [1.165, 1.54) is 5.56 Å². The van der Waals surface area contributed by atoms with Gasteiger partial charge in [0.05, 0.1) is 26.4 Å². The Hall–Kier alpha value is -1.06. The Bertz CT molecular complexity index is 346. The van der Waals surface area contributed by atoms with Gasteiger partial charge in [-0.05, 0) is 12.0 Å². The van der Waals surface area contributed by atoms with E-state index in [2.05, 4.69) is 30.4 Å². The van der Waals surface area contributed by atoms with Crippen LogP contribution in [0.15, 0.2) is 18.2 Å². The summed E-state index contributed by atoms with van der Waals surface area (Å²) in [5.41, 5.74) is 2.39. The summed E-state index contributed by atoms with van der Waals surface area (Å²) in [5.74, 6) is 0.976. The first-order chi connectivity index (χ1) is 7.86. The lowest BCUT2D eigenvalue weighted by molar-refractivity contribution is 0.0736. The van der Waals surface area contributed by atoms with E-state index in [1.807, 2.05) is 0 Å². The summed E-state index contributed by atoms with van der Waals surface area (Å²) in [5, 5.41) is 4.58. The first-order valence-electron chi connectivity index (χ1n) is 5.77. The number of hydrogen-bond acceptors (Lipinski definition) is 2. The van der Waals surface area contributed by atoms with Crippen LogP contribution in [0.1, 0.15) is 24.1 Å². The number of para-hydroxylation sites is 1. The first-order valence-corrected chi connectivity index (χ1v) is 5.77. The molecular formula is C13H18NO2. The summed E-state index contributed by atoms with van der Waals surface area (Å²) >= 11 is 0. The molecule has 1 aromatic rings. The Kier molecular flexibility index (Phi) is 3.80. The molecule has 87 valence electrons. The molecular weight excluding hydrogens is 202 g/mol. The van der Waals surface area contributed by atoms with Crippen molar-refractivity contribution in [2.75, 3.05) is 26.9 Å². The van der Waals surface area contributed by atoms with Gasteiger partial charge in [-0.3, -0.25) is 0 Å². The zero-order valence-electron chi connectivity index (χ0n) is 9.90. The minimum absolute atomic E-state index is 0.134. The first kappa shape index (κ1) is 11.4. The molecule has 0 aliphatic carbocycles. The maximum absolute atomic E-state index is 5.51. The van der Waals surface area contributed by atoms with E-state index in [-0.39, 0.29) is 6.04 Å². The number of rotatable bonds is 3. The van der Waals surface area contributed by atoms with Gasteiger partial charge < -0.3 is 9.47 Å². The Morgan fingerprint density at radius 1 is 1.50 bits per heavy atom. The fourth-order valence-corrected chi connectivity index (χ4v) is 2.10. The number of ether oxygens (including phenoxy) is 2. The summed E-state index contributed by atoms with van der Waals surface area (Å²) in [4.78, 5) is 0. The lowest BCUT2D eigenvalue weighted by Gasteiger charge is -2.24. The number of aryl methyl sites for hydroxylation is 1. The van der Waals surface area contributed by atoms with Crippen LogP contribution in [0.2, 0.25) is 0 Å². The Morgan fingerprint density at radius 3 is 3.00 bits per heavy atom. The molecule has 1 fully saturated rings. The summed E-state index contributed by atoms with van der Waals surface area (Å²) in [7, 11) is 1.72. The highest BCUT2D eigenvalue weighted by atomic mass is 16.5. The van der Waals surface area contributed by atoms with Crippen molar-refractivity contribution in [2.45, 2.75) is 19.4 Å². The molecule has 3 heteroatoms. The molecule has 1 heterocycles. The Balaban J connectivity index is 2.30. The number of nitrogens with zero attached hydrogens (tertiary/aromatic N) is 1. The van der Waals surface area contributed by atoms with Crippen LogP contribution in [-0.2, 0) is 11.2 Å². The average molecular weight is 220 g/mol. The average Bonchev–Trinajstić information content (AvgIpc) is 2.38. The van der Waals surface area contributed by atoms with Crippen molar-refractivity contribution >= 4 is 0 Å². The minimum Gasteiger partial charge on any atom is -0.496 e. The molecule has 1 radical (unpaired) electrons. The molecule has 0 bridgehead atoms. The lowest BCUT2D eigenvalue weighted by Crippen LogP contribution is -2.29. The number of morpholine rings is 1. The van der Waals surface area contributed by atoms with Gasteiger partial charge in [-0.25, -0.2) is 5.32 Å². The summed E-state index contributed by atoms with van der Waals surface area (Å²) in [6, 6.07) is 6.39. The molecule has 0 spiro atoms. The molecule has 1 aliphatic heterocycles. The largest absolute Gasteiger partial charge is 0.496 e. The van der Waals surface area contributed by atoms with Gasteiger partial charge in [0.15, 0.2) is 0 Å². The van der Waals surface area contributed by atoms with Crippen molar-refractivity contribution in [3.05, 3.63) is 29.3 Å². The van der Waals surface area contributed by atoms with Crippen LogP contribution in [0, 0.1) is 0 Å². The van der Waals surface area contributed by atoms with Crippen molar-refractivity contribution in [2.24, 2.45) is 0 Å². The molecule has 2 rings (SSSR count). The fraction of sp³-hybridized carbons (Fsp3) is 0.538. The smallest absolute Gasteiger partial charge is 0.126 e. The molecule has 3 nitrogen and oxygen atoms in total. The normalized spacial score (nSPS) is 20.8. The third-order valence-corrected chi connectivity index (χ3v) is 2.93. The molecule has 0 saturated carbocycles. The van der Waals surface area contributed by atoms with Crippen LogP contribution in [0.5, 0.6) is 5.75 Å². The highest BCUT2D eigenvalue weighted by Gasteiger charge is 2.21. The SMILES string of the molecule is CCc1cccc(C2COCC[N]2)c1OC. The summed E-state index contributed by atoms with van der Waals surface area (Å²) in [6.07, 6.45) is 0.977. The summed E-state index contributed by atoms with van der Waals surface area (Å²) in [6.45, 7) is 4.33. The topological polar surface area (TPSA) is 32.6 Å². The standard InChI is InChI=1S/C13H18NO2/c1-3-10-5-4-6-11(13(10)15-2)12-9-16-8-7-14-12/h4-6,12H,3,7-9H2,1-2H3. The van der Waals surface area contributed by atoms with E-state index in [9.17, 15) is 0 Å².